The molecule has 0 saturated carbocycles. The summed E-state index contributed by atoms with van der Waals surface area (Å²) in [6.45, 7) is 0.0971. The van der Waals surface area contributed by atoms with Crippen LogP contribution in [-0.4, -0.2) is 28.6 Å². The number of nitrogens with one attached hydrogen (secondary N) is 2. The molecule has 20 heavy (non-hydrogen) atoms. The molecule has 2 amide bonds. The second-order valence-corrected chi connectivity index (χ2v) is 4.14. The lowest BCUT2D eigenvalue weighted by Gasteiger charge is -2.05. The molecule has 2 rings (SSSR count). The predicted molar refractivity (Wildman–Crippen MR) is 75.1 cm³/mol. The molecule has 7 heteroatoms. The third kappa shape index (κ3) is 3.14. The lowest BCUT2D eigenvalue weighted by atomic mass is 10.1. The van der Waals surface area contributed by atoms with Gasteiger partial charge in [-0.05, 0) is 12.1 Å². The van der Waals surface area contributed by atoms with Crippen molar-refractivity contribution >= 4 is 23.2 Å². The molecule has 104 valence electrons. The molecule has 2 aromatic rings. The number of nitrogens with zero attached hydrogens (tertiary/aromatic N) is 2. The van der Waals surface area contributed by atoms with Crippen LogP contribution in [0.25, 0.3) is 0 Å². The average molecular weight is 273 g/mol. The molecular weight excluding hydrogens is 258 g/mol. The van der Waals surface area contributed by atoms with Gasteiger partial charge in [-0.15, -0.1) is 0 Å². The van der Waals surface area contributed by atoms with E-state index >= 15 is 0 Å². The van der Waals surface area contributed by atoms with Gasteiger partial charge in [0.15, 0.2) is 0 Å². The number of anilines is 2. The van der Waals surface area contributed by atoms with E-state index in [0.29, 0.717) is 16.9 Å². The molecular formula is C13H15N5O2. The average Bonchev–Trinajstić information content (AvgIpc) is 2.86. The second kappa shape index (κ2) is 5.87. The number of benzene rings is 1. The van der Waals surface area contributed by atoms with Gasteiger partial charge in [-0.25, -0.2) is 0 Å². The minimum Gasteiger partial charge on any atom is -0.398 e. The van der Waals surface area contributed by atoms with Crippen molar-refractivity contribution in [3.05, 3.63) is 42.2 Å². The second-order valence-electron chi connectivity index (χ2n) is 4.14. The highest BCUT2D eigenvalue weighted by Gasteiger charge is 2.10. The number of nitrogen functional groups attached to an aromatic ring is 1. The largest absolute Gasteiger partial charge is 0.398 e. The van der Waals surface area contributed by atoms with Crippen LogP contribution < -0.4 is 16.4 Å². The highest BCUT2D eigenvalue weighted by Crippen LogP contribution is 2.13. The minimum absolute atomic E-state index is 0.0971. The van der Waals surface area contributed by atoms with Gasteiger partial charge in [-0.2, -0.15) is 5.10 Å². The van der Waals surface area contributed by atoms with Gasteiger partial charge >= 0.3 is 0 Å². The lowest BCUT2D eigenvalue weighted by molar-refractivity contribution is -0.121. The maximum atomic E-state index is 12.0. The number of nitrogens with two attached hydrogens (primary N) is 1. The van der Waals surface area contributed by atoms with Gasteiger partial charge in [-0.1, -0.05) is 12.1 Å². The summed E-state index contributed by atoms with van der Waals surface area (Å²) in [5.74, 6) is -0.485. The van der Waals surface area contributed by atoms with Crippen LogP contribution in [0.1, 0.15) is 10.4 Å². The molecule has 1 aromatic carbocycles. The zero-order valence-corrected chi connectivity index (χ0v) is 11.0. The Balaban J connectivity index is 2.05. The molecule has 4 N–H and O–H groups in total. The maximum Gasteiger partial charge on any atom is 0.257 e. The summed E-state index contributed by atoms with van der Waals surface area (Å²) in [7, 11) is 1.55. The molecule has 0 spiro atoms. The number of amides is 2. The summed E-state index contributed by atoms with van der Waals surface area (Å²) in [5, 5.41) is 9.15. The number of para-hydroxylation sites is 1. The molecule has 0 aliphatic rings. The van der Waals surface area contributed by atoms with Crippen LogP contribution in [0.4, 0.5) is 11.4 Å². The molecule has 1 aromatic heterocycles. The summed E-state index contributed by atoms with van der Waals surface area (Å²) >= 11 is 0. The molecule has 0 fully saturated rings. The minimum atomic E-state index is -0.317. The van der Waals surface area contributed by atoms with Crippen LogP contribution in [0.3, 0.4) is 0 Å². The van der Waals surface area contributed by atoms with Gasteiger partial charge in [-0.3, -0.25) is 14.3 Å². The van der Waals surface area contributed by atoms with Gasteiger partial charge in [0.05, 0.1) is 17.4 Å². The predicted octanol–water partition coefficient (Wildman–Crippen LogP) is 0.464. The number of likely N-dealkylation sites (N-methyl/N-ethyl adjacent to an activating group) is 1. The molecule has 0 bridgehead atoms. The SMILES string of the molecule is CNC(=O)Cn1cc(NC(=O)c2ccccc2N)cn1. The quantitative estimate of drug-likeness (QED) is 0.704. The smallest absolute Gasteiger partial charge is 0.257 e. The van der Waals surface area contributed by atoms with Crippen LogP contribution in [-0.2, 0) is 11.3 Å². The van der Waals surface area contributed by atoms with Crippen LogP contribution in [0.2, 0.25) is 0 Å². The third-order valence-corrected chi connectivity index (χ3v) is 2.68. The lowest BCUT2D eigenvalue weighted by Crippen LogP contribution is -2.23. The number of hydrogen-bond donors (Lipinski definition) is 3. The van der Waals surface area contributed by atoms with Crippen molar-refractivity contribution in [2.75, 3.05) is 18.1 Å². The van der Waals surface area contributed by atoms with Gasteiger partial charge < -0.3 is 16.4 Å². The molecule has 0 aliphatic carbocycles. The Labute approximate surface area is 115 Å². The Morgan fingerprint density at radius 1 is 1.35 bits per heavy atom. The van der Waals surface area contributed by atoms with E-state index < -0.39 is 0 Å². The van der Waals surface area contributed by atoms with E-state index in [9.17, 15) is 9.59 Å². The van der Waals surface area contributed by atoms with Crippen molar-refractivity contribution in [3.63, 3.8) is 0 Å². The maximum absolute atomic E-state index is 12.0. The van der Waals surface area contributed by atoms with E-state index in [2.05, 4.69) is 15.7 Å². The Morgan fingerprint density at radius 2 is 2.10 bits per heavy atom. The summed E-state index contributed by atoms with van der Waals surface area (Å²) in [4.78, 5) is 23.2. The van der Waals surface area contributed by atoms with E-state index in [-0.39, 0.29) is 18.4 Å². The summed E-state index contributed by atoms with van der Waals surface area (Å²) < 4.78 is 1.43. The molecule has 1 heterocycles. The van der Waals surface area contributed by atoms with E-state index in [1.807, 2.05) is 0 Å². The first-order valence-corrected chi connectivity index (χ1v) is 5.99. The zero-order chi connectivity index (χ0) is 14.5. The highest BCUT2D eigenvalue weighted by molar-refractivity contribution is 6.07. The molecule has 7 nitrogen and oxygen atoms in total. The number of carbonyl (C=O) groups is 2. The van der Waals surface area contributed by atoms with Crippen molar-refractivity contribution in [1.29, 1.82) is 0 Å². The standard InChI is InChI=1S/C13H15N5O2/c1-15-12(19)8-18-7-9(6-16-18)17-13(20)10-4-2-3-5-11(10)14/h2-7H,8,14H2,1H3,(H,15,19)(H,17,20). The van der Waals surface area contributed by atoms with Gasteiger partial charge in [0, 0.05) is 18.9 Å². The van der Waals surface area contributed by atoms with E-state index in [1.165, 1.54) is 10.9 Å². The van der Waals surface area contributed by atoms with Crippen molar-refractivity contribution < 1.29 is 9.59 Å². The third-order valence-electron chi connectivity index (χ3n) is 2.68. The fourth-order valence-corrected chi connectivity index (χ4v) is 1.64. The number of hydrogen-bond acceptors (Lipinski definition) is 4. The van der Waals surface area contributed by atoms with Crippen LogP contribution >= 0.6 is 0 Å². The summed E-state index contributed by atoms with van der Waals surface area (Å²) in [6.07, 6.45) is 3.05. The molecule has 0 saturated heterocycles. The summed E-state index contributed by atoms with van der Waals surface area (Å²) in [6, 6.07) is 6.79. The Bertz CT molecular complexity index is 635. The van der Waals surface area contributed by atoms with Crippen molar-refractivity contribution in [2.24, 2.45) is 0 Å². The first-order valence-electron chi connectivity index (χ1n) is 5.99. The summed E-state index contributed by atoms with van der Waals surface area (Å²) in [5.41, 5.74) is 7.03. The number of carbonyl (C=O) groups excluding carboxylic acids is 2. The van der Waals surface area contributed by atoms with E-state index in [0.717, 1.165) is 0 Å². The monoisotopic (exact) mass is 273 g/mol. The van der Waals surface area contributed by atoms with E-state index in [4.69, 9.17) is 5.73 Å². The van der Waals surface area contributed by atoms with Crippen LogP contribution in [0.5, 0.6) is 0 Å². The Morgan fingerprint density at radius 3 is 2.80 bits per heavy atom. The number of aromatic nitrogens is 2. The molecule has 0 atom stereocenters. The fraction of sp³-hybridized carbons (Fsp3) is 0.154. The first-order chi connectivity index (χ1) is 9.60. The Hall–Kier alpha value is -2.83. The molecule has 0 aliphatic heterocycles. The number of rotatable bonds is 4. The van der Waals surface area contributed by atoms with Crippen molar-refractivity contribution in [2.45, 2.75) is 6.54 Å². The van der Waals surface area contributed by atoms with Gasteiger partial charge in [0.1, 0.15) is 6.54 Å². The van der Waals surface area contributed by atoms with Gasteiger partial charge in [0.2, 0.25) is 5.91 Å². The molecule has 0 unspecified atom stereocenters. The Kier molecular flexibility index (Phi) is 3.99. The van der Waals surface area contributed by atoms with Crippen molar-refractivity contribution in [1.82, 2.24) is 15.1 Å². The molecule has 0 radical (unpaired) electrons. The topological polar surface area (TPSA) is 102 Å². The first kappa shape index (κ1) is 13.6. The van der Waals surface area contributed by atoms with Crippen LogP contribution in [0, 0.1) is 0 Å². The highest BCUT2D eigenvalue weighted by atomic mass is 16.2. The zero-order valence-electron chi connectivity index (χ0n) is 11.0. The van der Waals surface area contributed by atoms with Crippen molar-refractivity contribution in [3.8, 4) is 0 Å². The van der Waals surface area contributed by atoms with Crippen LogP contribution in [0.15, 0.2) is 36.7 Å². The normalized spacial score (nSPS) is 10.1. The fourth-order valence-electron chi connectivity index (χ4n) is 1.64. The van der Waals surface area contributed by atoms with E-state index in [1.54, 1.807) is 37.5 Å². The van der Waals surface area contributed by atoms with Gasteiger partial charge in [0.25, 0.3) is 5.91 Å².